The number of hydrogen-bond acceptors (Lipinski definition) is 7. The van der Waals surface area contributed by atoms with Crippen LogP contribution in [0.2, 0.25) is 0 Å². The Kier molecular flexibility index (Phi) is 5.92. The highest BCUT2D eigenvalue weighted by Crippen LogP contribution is 2.46. The van der Waals surface area contributed by atoms with Gasteiger partial charge in [0.1, 0.15) is 29.2 Å². The van der Waals surface area contributed by atoms with Crippen LogP contribution in [0.1, 0.15) is 36.4 Å². The number of aromatic nitrogens is 5. The van der Waals surface area contributed by atoms with Crippen molar-refractivity contribution in [2.24, 2.45) is 7.05 Å². The number of ether oxygens (including phenoxy) is 1. The highest BCUT2D eigenvalue weighted by atomic mass is 19.1. The molecule has 0 aliphatic carbocycles. The van der Waals surface area contributed by atoms with Gasteiger partial charge in [0, 0.05) is 42.9 Å². The highest BCUT2D eigenvalue weighted by Gasteiger charge is 2.48. The van der Waals surface area contributed by atoms with Crippen molar-refractivity contribution in [3.63, 3.8) is 0 Å². The summed E-state index contributed by atoms with van der Waals surface area (Å²) in [5, 5.41) is 3.13. The highest BCUT2D eigenvalue weighted by molar-refractivity contribution is 5.89. The summed E-state index contributed by atoms with van der Waals surface area (Å²) in [6.07, 6.45) is 7.37. The second kappa shape index (κ2) is 9.65. The van der Waals surface area contributed by atoms with Crippen LogP contribution in [-0.4, -0.2) is 47.4 Å². The van der Waals surface area contributed by atoms with Crippen molar-refractivity contribution >= 4 is 39.5 Å². The Morgan fingerprint density at radius 1 is 1.12 bits per heavy atom. The quantitative estimate of drug-likeness (QED) is 0.262. The fourth-order valence-electron chi connectivity index (χ4n) is 6.31. The predicted molar refractivity (Wildman–Crippen MR) is 154 cm³/mol. The number of halogens is 1. The Morgan fingerprint density at radius 3 is 2.85 bits per heavy atom. The van der Waals surface area contributed by atoms with Gasteiger partial charge in [0.25, 0.3) is 0 Å². The number of carbonyl (C=O) groups excluding carboxylic acids is 1. The van der Waals surface area contributed by atoms with E-state index in [1.165, 1.54) is 18.5 Å². The van der Waals surface area contributed by atoms with Crippen molar-refractivity contribution in [2.45, 2.75) is 44.2 Å². The summed E-state index contributed by atoms with van der Waals surface area (Å²) in [6, 6.07) is 12.8. The molecule has 2 fully saturated rings. The number of fused-ring (bicyclic) bond motifs is 4. The van der Waals surface area contributed by atoms with E-state index in [1.807, 2.05) is 53.8 Å². The van der Waals surface area contributed by atoms with E-state index in [9.17, 15) is 4.79 Å². The van der Waals surface area contributed by atoms with Gasteiger partial charge in [-0.1, -0.05) is 6.58 Å². The fraction of sp³-hybridized carbons (Fsp3) is 0.258. The average molecular weight is 550 g/mol. The van der Waals surface area contributed by atoms with Crippen LogP contribution < -0.4 is 10.1 Å². The third-order valence-corrected chi connectivity index (χ3v) is 8.29. The van der Waals surface area contributed by atoms with Crippen molar-refractivity contribution in [3.8, 4) is 11.5 Å². The number of nitrogens with zero attached hydrogens (tertiary/aromatic N) is 6. The second-order valence-electron chi connectivity index (χ2n) is 10.7. The number of pyridine rings is 1. The Balaban J connectivity index is 1.17. The van der Waals surface area contributed by atoms with E-state index >= 15 is 4.39 Å². The van der Waals surface area contributed by atoms with Crippen LogP contribution in [0.25, 0.3) is 22.1 Å². The van der Waals surface area contributed by atoms with Gasteiger partial charge in [-0.3, -0.25) is 4.79 Å². The first kappa shape index (κ1) is 25.1. The molecule has 10 heteroatoms. The smallest absolute Gasteiger partial charge is 0.246 e. The molecule has 0 radical (unpaired) electrons. The number of rotatable bonds is 6. The molecule has 9 nitrogen and oxygen atoms in total. The van der Waals surface area contributed by atoms with Crippen LogP contribution in [-0.2, 0) is 11.8 Å². The van der Waals surface area contributed by atoms with Crippen molar-refractivity contribution in [2.75, 3.05) is 5.32 Å². The summed E-state index contributed by atoms with van der Waals surface area (Å²) < 4.78 is 23.3. The van der Waals surface area contributed by atoms with Gasteiger partial charge in [0.05, 0.1) is 28.6 Å². The van der Waals surface area contributed by atoms with E-state index in [2.05, 4.69) is 26.8 Å². The monoisotopic (exact) mass is 549 g/mol. The summed E-state index contributed by atoms with van der Waals surface area (Å²) in [5.41, 5.74) is 4.87. The topological polar surface area (TPSA) is 98.1 Å². The molecule has 2 aromatic carbocycles. The van der Waals surface area contributed by atoms with Crippen LogP contribution >= 0.6 is 0 Å². The molecule has 1 N–H and O–H groups in total. The molecule has 0 saturated carbocycles. The minimum absolute atomic E-state index is 0.0259. The predicted octanol–water partition coefficient (Wildman–Crippen LogP) is 5.93. The Bertz CT molecular complexity index is 1850. The van der Waals surface area contributed by atoms with Crippen molar-refractivity contribution in [1.29, 1.82) is 0 Å². The van der Waals surface area contributed by atoms with E-state index in [0.29, 0.717) is 28.4 Å². The van der Waals surface area contributed by atoms with Crippen LogP contribution in [0.4, 0.5) is 15.9 Å². The van der Waals surface area contributed by atoms with Gasteiger partial charge < -0.3 is 19.5 Å². The largest absolute Gasteiger partial charge is 0.457 e. The maximum atomic E-state index is 15.4. The molecule has 2 aliphatic rings. The van der Waals surface area contributed by atoms with E-state index < -0.39 is 5.82 Å². The lowest BCUT2D eigenvalue weighted by atomic mass is 9.86. The first-order chi connectivity index (χ1) is 19.9. The Labute approximate surface area is 235 Å². The molecule has 3 atom stereocenters. The zero-order chi connectivity index (χ0) is 28.2. The van der Waals surface area contributed by atoms with Crippen molar-refractivity contribution in [1.82, 2.24) is 29.4 Å². The number of hydrogen-bond donors (Lipinski definition) is 1. The van der Waals surface area contributed by atoms with E-state index in [-0.39, 0.29) is 29.6 Å². The third-order valence-electron chi connectivity index (χ3n) is 8.29. The molecule has 5 heterocycles. The van der Waals surface area contributed by atoms with Crippen molar-refractivity contribution < 1.29 is 13.9 Å². The minimum atomic E-state index is -0.487. The number of carbonyl (C=O) groups is 1. The standard InChI is InChI=1S/C31H28FN7O2/c1-4-29(40)39-18-5-9-26(39)20(12-18)22-7-8-23-30(36-22)31(34-15-33-23)37-24-11-17(2)28(14-21(24)32)41-19-6-10-27-25(13-19)35-16-38(27)3/h4,6-8,10-11,13-16,18,20,26H,1,5,9,12H2,2-3H3,(H,33,34,37)/t18-,20+,26+/m1/s1. The normalized spacial score (nSPS) is 19.7. The molecule has 2 saturated heterocycles. The lowest BCUT2D eigenvalue weighted by Gasteiger charge is -2.23. The molecular weight excluding hydrogens is 521 g/mol. The first-order valence-corrected chi connectivity index (χ1v) is 13.6. The van der Waals surface area contributed by atoms with Crippen LogP contribution in [0, 0.1) is 12.7 Å². The van der Waals surface area contributed by atoms with E-state index in [0.717, 1.165) is 41.6 Å². The van der Waals surface area contributed by atoms with Gasteiger partial charge in [-0.2, -0.15) is 0 Å². The lowest BCUT2D eigenvalue weighted by Crippen LogP contribution is -2.34. The number of anilines is 2. The average Bonchev–Trinajstić information content (AvgIpc) is 3.68. The fourth-order valence-corrected chi connectivity index (χ4v) is 6.31. The number of benzene rings is 2. The second-order valence-corrected chi connectivity index (χ2v) is 10.7. The molecule has 2 bridgehead atoms. The summed E-state index contributed by atoms with van der Waals surface area (Å²) >= 11 is 0. The number of nitrogens with one attached hydrogen (secondary N) is 1. The molecule has 3 aromatic heterocycles. The van der Waals surface area contributed by atoms with Gasteiger partial charge in [0.2, 0.25) is 5.91 Å². The zero-order valence-corrected chi connectivity index (χ0v) is 22.7. The van der Waals surface area contributed by atoms with Crippen LogP contribution in [0.5, 0.6) is 11.5 Å². The first-order valence-electron chi connectivity index (χ1n) is 13.6. The molecule has 1 amide bonds. The number of imidazole rings is 1. The Morgan fingerprint density at radius 2 is 2.00 bits per heavy atom. The summed E-state index contributed by atoms with van der Waals surface area (Å²) in [7, 11) is 1.93. The van der Waals surface area contributed by atoms with Crippen molar-refractivity contribution in [3.05, 3.63) is 84.8 Å². The van der Waals surface area contributed by atoms with Crippen LogP contribution in [0.15, 0.2) is 67.8 Å². The van der Waals surface area contributed by atoms with E-state index in [4.69, 9.17) is 9.72 Å². The molecule has 206 valence electrons. The molecule has 0 spiro atoms. The molecule has 2 aliphatic heterocycles. The van der Waals surface area contributed by atoms with Gasteiger partial charge in [-0.05, 0) is 68.2 Å². The summed E-state index contributed by atoms with van der Waals surface area (Å²) in [5.74, 6) is 1.00. The van der Waals surface area contributed by atoms with Gasteiger partial charge in [0.15, 0.2) is 5.82 Å². The van der Waals surface area contributed by atoms with Crippen LogP contribution in [0.3, 0.4) is 0 Å². The van der Waals surface area contributed by atoms with Gasteiger partial charge in [-0.15, -0.1) is 0 Å². The summed E-state index contributed by atoms with van der Waals surface area (Å²) in [6.45, 7) is 5.53. The molecule has 7 rings (SSSR count). The molecule has 5 aromatic rings. The maximum Gasteiger partial charge on any atom is 0.246 e. The third kappa shape index (κ3) is 4.26. The molecule has 41 heavy (non-hydrogen) atoms. The SMILES string of the molecule is C=CC(=O)N1[C@@H]2CC[C@H]1[C@H](c1ccc3ncnc(Nc4cc(C)c(Oc5ccc6c(c5)ncn6C)cc4F)c3n1)C2. The van der Waals surface area contributed by atoms with Gasteiger partial charge in [-0.25, -0.2) is 24.3 Å². The zero-order valence-electron chi connectivity index (χ0n) is 22.7. The maximum absolute atomic E-state index is 15.4. The van der Waals surface area contributed by atoms with E-state index in [1.54, 1.807) is 12.4 Å². The number of amides is 1. The molecule has 0 unspecified atom stereocenters. The Hall–Kier alpha value is -4.86. The van der Waals surface area contributed by atoms with Gasteiger partial charge >= 0.3 is 0 Å². The minimum Gasteiger partial charge on any atom is -0.457 e. The molecular formula is C31H28FN7O2. The number of aryl methyl sites for hydroxylation is 2. The summed E-state index contributed by atoms with van der Waals surface area (Å²) in [4.78, 5) is 32.5. The lowest BCUT2D eigenvalue weighted by molar-refractivity contribution is -0.127.